The number of ether oxygens (including phenoxy) is 2. The van der Waals surface area contributed by atoms with E-state index in [9.17, 15) is 13.6 Å². The zero-order valence-corrected chi connectivity index (χ0v) is 9.87. The summed E-state index contributed by atoms with van der Waals surface area (Å²) in [6, 6.07) is 4.33. The fourth-order valence-electron chi connectivity index (χ4n) is 1.41. The molecule has 5 heteroatoms. The number of halogens is 2. The third-order valence-corrected chi connectivity index (χ3v) is 2.09. The lowest BCUT2D eigenvalue weighted by Gasteiger charge is -2.13. The number of hydrogen-bond acceptors (Lipinski definition) is 3. The number of hydrogen-bond donors (Lipinski definition) is 0. The lowest BCUT2D eigenvalue weighted by atomic mass is 10.0. The maximum absolute atomic E-state index is 12.0. The molecule has 0 saturated carbocycles. The molecule has 0 aliphatic rings. The van der Waals surface area contributed by atoms with Gasteiger partial charge in [0, 0.05) is 13.0 Å². The molecule has 0 fully saturated rings. The molecule has 0 atom stereocenters. The maximum Gasteiger partial charge on any atom is 0.387 e. The summed E-state index contributed by atoms with van der Waals surface area (Å²) in [5.41, 5.74) is 0.766. The molecule has 17 heavy (non-hydrogen) atoms. The minimum atomic E-state index is -2.90. The van der Waals surface area contributed by atoms with Crippen molar-refractivity contribution in [3.8, 4) is 11.5 Å². The Morgan fingerprint density at radius 3 is 2.41 bits per heavy atom. The Labute approximate surface area is 98.3 Å². The van der Waals surface area contributed by atoms with Crippen LogP contribution in [0.1, 0.15) is 32.3 Å². The van der Waals surface area contributed by atoms with E-state index < -0.39 is 12.6 Å². The van der Waals surface area contributed by atoms with E-state index in [1.54, 1.807) is 6.07 Å². The van der Waals surface area contributed by atoms with Crippen LogP contribution in [0, 0.1) is 0 Å². The second kappa shape index (κ2) is 5.61. The predicted molar refractivity (Wildman–Crippen MR) is 58.5 cm³/mol. The highest BCUT2D eigenvalue weighted by molar-refractivity contribution is 5.70. The van der Waals surface area contributed by atoms with E-state index in [-0.39, 0.29) is 17.4 Å². The predicted octanol–water partition coefficient (Wildman–Crippen LogP) is 3.34. The molecule has 1 rings (SSSR count). The third-order valence-electron chi connectivity index (χ3n) is 2.09. The number of carbonyl (C=O) groups excluding carboxylic acids is 1. The van der Waals surface area contributed by atoms with Crippen LogP contribution in [0.2, 0.25) is 0 Å². The van der Waals surface area contributed by atoms with E-state index in [1.807, 2.05) is 13.8 Å². The molecular formula is C12H14F2O3. The average molecular weight is 244 g/mol. The van der Waals surface area contributed by atoms with Crippen molar-refractivity contribution < 1.29 is 23.0 Å². The van der Waals surface area contributed by atoms with Crippen LogP contribution in [-0.4, -0.2) is 12.6 Å². The highest BCUT2D eigenvalue weighted by Gasteiger charge is 2.13. The van der Waals surface area contributed by atoms with Crippen LogP contribution in [0.15, 0.2) is 18.2 Å². The van der Waals surface area contributed by atoms with Gasteiger partial charge in [0.25, 0.3) is 0 Å². The molecule has 0 saturated heterocycles. The molecule has 1 aromatic rings. The van der Waals surface area contributed by atoms with Gasteiger partial charge in [-0.3, -0.25) is 4.79 Å². The van der Waals surface area contributed by atoms with Crippen LogP contribution < -0.4 is 9.47 Å². The van der Waals surface area contributed by atoms with Gasteiger partial charge in [-0.15, -0.1) is 0 Å². The highest BCUT2D eigenvalue weighted by atomic mass is 19.3. The summed E-state index contributed by atoms with van der Waals surface area (Å²) in [4.78, 5) is 10.9. The molecule has 94 valence electrons. The van der Waals surface area contributed by atoms with Crippen LogP contribution >= 0.6 is 0 Å². The molecular weight excluding hydrogens is 230 g/mol. The minimum absolute atomic E-state index is 0.0272. The summed E-state index contributed by atoms with van der Waals surface area (Å²) in [7, 11) is 0. The van der Waals surface area contributed by atoms with Crippen LogP contribution in [-0.2, 0) is 4.79 Å². The molecule has 0 unspecified atom stereocenters. The normalized spacial score (nSPS) is 10.8. The largest absolute Gasteiger partial charge is 0.435 e. The lowest BCUT2D eigenvalue weighted by molar-refractivity contribution is -0.131. The van der Waals surface area contributed by atoms with Gasteiger partial charge in [-0.1, -0.05) is 19.9 Å². The Morgan fingerprint density at radius 2 is 1.94 bits per heavy atom. The van der Waals surface area contributed by atoms with Crippen molar-refractivity contribution in [1.29, 1.82) is 0 Å². The Balaban J connectivity index is 3.05. The van der Waals surface area contributed by atoms with Crippen LogP contribution in [0.4, 0.5) is 8.78 Å². The molecule has 0 spiro atoms. The first-order valence-corrected chi connectivity index (χ1v) is 5.17. The number of benzene rings is 1. The summed E-state index contributed by atoms with van der Waals surface area (Å²) in [6.07, 6.45) is 0. The van der Waals surface area contributed by atoms with Gasteiger partial charge < -0.3 is 9.47 Å². The van der Waals surface area contributed by atoms with Crippen molar-refractivity contribution in [1.82, 2.24) is 0 Å². The molecule has 1 aromatic carbocycles. The SMILES string of the molecule is CC(=O)Oc1cc(OC(F)F)ccc1C(C)C. The van der Waals surface area contributed by atoms with Crippen molar-refractivity contribution in [2.75, 3.05) is 0 Å². The van der Waals surface area contributed by atoms with E-state index in [0.717, 1.165) is 5.56 Å². The van der Waals surface area contributed by atoms with E-state index in [4.69, 9.17) is 4.74 Å². The first-order valence-electron chi connectivity index (χ1n) is 5.17. The molecule has 3 nitrogen and oxygen atoms in total. The standard InChI is InChI=1S/C12H14F2O3/c1-7(2)10-5-4-9(17-12(13)14)6-11(10)16-8(3)15/h4-7,12H,1-3H3. The monoisotopic (exact) mass is 244 g/mol. The Bertz CT molecular complexity index is 403. The van der Waals surface area contributed by atoms with Gasteiger partial charge in [-0.25, -0.2) is 0 Å². The van der Waals surface area contributed by atoms with Gasteiger partial charge in [0.1, 0.15) is 11.5 Å². The molecule has 0 aliphatic carbocycles. The number of esters is 1. The van der Waals surface area contributed by atoms with Crippen LogP contribution in [0.5, 0.6) is 11.5 Å². The highest BCUT2D eigenvalue weighted by Crippen LogP contribution is 2.31. The third kappa shape index (κ3) is 4.01. The van der Waals surface area contributed by atoms with Gasteiger partial charge in [0.05, 0.1) is 0 Å². The lowest BCUT2D eigenvalue weighted by Crippen LogP contribution is -2.07. The minimum Gasteiger partial charge on any atom is -0.435 e. The Hall–Kier alpha value is -1.65. The van der Waals surface area contributed by atoms with Crippen molar-refractivity contribution in [2.24, 2.45) is 0 Å². The van der Waals surface area contributed by atoms with Gasteiger partial charge in [-0.2, -0.15) is 8.78 Å². The molecule has 0 bridgehead atoms. The Kier molecular flexibility index (Phi) is 4.43. The summed E-state index contributed by atoms with van der Waals surface area (Å²) >= 11 is 0. The van der Waals surface area contributed by atoms with E-state index in [0.29, 0.717) is 0 Å². The quantitative estimate of drug-likeness (QED) is 0.602. The Morgan fingerprint density at radius 1 is 1.29 bits per heavy atom. The maximum atomic E-state index is 12.0. The first kappa shape index (κ1) is 13.4. The van der Waals surface area contributed by atoms with Crippen LogP contribution in [0.25, 0.3) is 0 Å². The smallest absolute Gasteiger partial charge is 0.387 e. The molecule has 0 radical (unpaired) electrons. The summed E-state index contributed by atoms with van der Waals surface area (Å²) in [5.74, 6) is -0.155. The fourth-order valence-corrected chi connectivity index (χ4v) is 1.41. The van der Waals surface area contributed by atoms with Crippen molar-refractivity contribution >= 4 is 5.97 Å². The molecule has 0 aromatic heterocycles. The molecule has 0 aliphatic heterocycles. The van der Waals surface area contributed by atoms with Crippen molar-refractivity contribution in [3.05, 3.63) is 23.8 Å². The van der Waals surface area contributed by atoms with E-state index >= 15 is 0 Å². The van der Waals surface area contributed by atoms with Crippen molar-refractivity contribution in [3.63, 3.8) is 0 Å². The van der Waals surface area contributed by atoms with E-state index in [2.05, 4.69) is 4.74 Å². The van der Waals surface area contributed by atoms with E-state index in [1.165, 1.54) is 19.1 Å². The van der Waals surface area contributed by atoms with Crippen molar-refractivity contribution in [2.45, 2.75) is 33.3 Å². The average Bonchev–Trinajstić information content (AvgIpc) is 2.15. The topological polar surface area (TPSA) is 35.5 Å². The first-order chi connectivity index (χ1) is 7.90. The van der Waals surface area contributed by atoms with Gasteiger partial charge >= 0.3 is 12.6 Å². The van der Waals surface area contributed by atoms with Gasteiger partial charge in [0.15, 0.2) is 0 Å². The number of alkyl halides is 2. The van der Waals surface area contributed by atoms with Crippen LogP contribution in [0.3, 0.4) is 0 Å². The van der Waals surface area contributed by atoms with Gasteiger partial charge in [-0.05, 0) is 17.5 Å². The molecule has 0 amide bonds. The summed E-state index contributed by atoms with van der Waals surface area (Å²) in [5, 5.41) is 0. The molecule has 0 heterocycles. The fraction of sp³-hybridized carbons (Fsp3) is 0.417. The summed E-state index contributed by atoms with van der Waals surface area (Å²) in [6.45, 7) is 2.18. The second-order valence-electron chi connectivity index (χ2n) is 3.83. The zero-order chi connectivity index (χ0) is 13.0. The zero-order valence-electron chi connectivity index (χ0n) is 9.87. The second-order valence-corrected chi connectivity index (χ2v) is 3.83. The van der Waals surface area contributed by atoms with Gasteiger partial charge in [0.2, 0.25) is 0 Å². The number of carbonyl (C=O) groups is 1. The molecule has 0 N–H and O–H groups in total. The summed E-state index contributed by atoms with van der Waals surface area (Å²) < 4.78 is 33.3. The number of rotatable bonds is 4.